The molecule has 4 heteroatoms. The summed E-state index contributed by atoms with van der Waals surface area (Å²) in [6, 6.07) is 0.351. The first-order valence-electron chi connectivity index (χ1n) is 4.87. The second-order valence-electron chi connectivity index (χ2n) is 3.97. The summed E-state index contributed by atoms with van der Waals surface area (Å²) in [4.78, 5) is 13.0. The van der Waals surface area contributed by atoms with E-state index in [9.17, 15) is 4.79 Å². The molecule has 3 heterocycles. The van der Waals surface area contributed by atoms with E-state index in [0.29, 0.717) is 12.0 Å². The van der Waals surface area contributed by atoms with Crippen molar-refractivity contribution in [3.63, 3.8) is 0 Å². The van der Waals surface area contributed by atoms with Crippen LogP contribution in [-0.2, 0) is 4.79 Å². The third-order valence-electron chi connectivity index (χ3n) is 3.32. The lowest BCUT2D eigenvalue weighted by molar-refractivity contribution is -0.131. The van der Waals surface area contributed by atoms with Crippen LogP contribution in [0.5, 0.6) is 0 Å². The first kappa shape index (κ1) is 11.5. The van der Waals surface area contributed by atoms with Crippen molar-refractivity contribution >= 4 is 18.4 Å². The summed E-state index contributed by atoms with van der Waals surface area (Å²) >= 11 is 0. The first-order chi connectivity index (χ1) is 6.18. The zero-order chi connectivity index (χ0) is 9.42. The lowest BCUT2D eigenvalue weighted by atomic mass is 9.79. The molecule has 3 saturated heterocycles. The fraction of sp³-hybridized carbons (Fsp3) is 0.700. The van der Waals surface area contributed by atoms with Gasteiger partial charge in [0.25, 0.3) is 0 Å². The minimum atomic E-state index is -0.796. The van der Waals surface area contributed by atoms with Crippen LogP contribution in [0.25, 0.3) is 0 Å². The zero-order valence-corrected chi connectivity index (χ0v) is 9.09. The van der Waals surface area contributed by atoms with Crippen molar-refractivity contribution in [2.75, 3.05) is 13.1 Å². The Balaban J connectivity index is 0.000000980. The molecule has 0 aromatic heterocycles. The molecule has 80 valence electrons. The van der Waals surface area contributed by atoms with E-state index in [1.54, 1.807) is 0 Å². The van der Waals surface area contributed by atoms with Crippen LogP contribution < -0.4 is 0 Å². The van der Waals surface area contributed by atoms with Crippen molar-refractivity contribution in [2.24, 2.45) is 5.92 Å². The van der Waals surface area contributed by atoms with E-state index < -0.39 is 5.97 Å². The molecule has 0 aromatic rings. The topological polar surface area (TPSA) is 40.5 Å². The van der Waals surface area contributed by atoms with Crippen LogP contribution >= 0.6 is 12.4 Å². The Kier molecular flexibility index (Phi) is 3.56. The molecule has 1 atom stereocenters. The van der Waals surface area contributed by atoms with Gasteiger partial charge in [-0.1, -0.05) is 0 Å². The van der Waals surface area contributed by atoms with Gasteiger partial charge in [0.15, 0.2) is 0 Å². The smallest absolute Gasteiger partial charge is 0.328 e. The van der Waals surface area contributed by atoms with Gasteiger partial charge < -0.3 is 5.11 Å². The molecule has 3 nitrogen and oxygen atoms in total. The van der Waals surface area contributed by atoms with Gasteiger partial charge in [-0.05, 0) is 44.3 Å². The number of carboxylic acids is 1. The first-order valence-corrected chi connectivity index (χ1v) is 4.87. The van der Waals surface area contributed by atoms with E-state index in [4.69, 9.17) is 5.11 Å². The summed E-state index contributed by atoms with van der Waals surface area (Å²) in [6.45, 7) is 4.39. The highest BCUT2D eigenvalue weighted by Gasteiger charge is 2.35. The molecule has 1 unspecified atom stereocenters. The summed E-state index contributed by atoms with van der Waals surface area (Å²) in [7, 11) is 0. The van der Waals surface area contributed by atoms with Crippen LogP contribution in [0, 0.1) is 5.92 Å². The largest absolute Gasteiger partial charge is 0.478 e. The molecule has 3 rings (SSSR count). The molecule has 14 heavy (non-hydrogen) atoms. The molecule has 0 aliphatic carbocycles. The fourth-order valence-electron chi connectivity index (χ4n) is 2.55. The molecule has 0 saturated carbocycles. The fourth-order valence-corrected chi connectivity index (χ4v) is 2.55. The molecule has 0 aromatic carbocycles. The van der Waals surface area contributed by atoms with Gasteiger partial charge in [0.2, 0.25) is 0 Å². The van der Waals surface area contributed by atoms with Gasteiger partial charge in [-0.3, -0.25) is 4.90 Å². The van der Waals surface area contributed by atoms with E-state index in [-0.39, 0.29) is 12.4 Å². The van der Waals surface area contributed by atoms with Gasteiger partial charge in [0.05, 0.1) is 0 Å². The van der Waals surface area contributed by atoms with Crippen molar-refractivity contribution < 1.29 is 9.90 Å². The Hall–Kier alpha value is -0.540. The van der Waals surface area contributed by atoms with Gasteiger partial charge in [0.1, 0.15) is 0 Å². The highest BCUT2D eigenvalue weighted by atomic mass is 35.5. The van der Waals surface area contributed by atoms with Crippen LogP contribution in [-0.4, -0.2) is 35.1 Å². The Labute approximate surface area is 90.2 Å². The number of carbonyl (C=O) groups is 1. The summed E-state index contributed by atoms with van der Waals surface area (Å²) in [5.41, 5.74) is 1.13. The van der Waals surface area contributed by atoms with Crippen molar-refractivity contribution in [2.45, 2.75) is 25.8 Å². The van der Waals surface area contributed by atoms with Crippen molar-refractivity contribution in [3.8, 4) is 0 Å². The number of fused-ring (bicyclic) bond motifs is 3. The monoisotopic (exact) mass is 217 g/mol. The number of nitrogens with zero attached hydrogens (tertiary/aromatic N) is 1. The van der Waals surface area contributed by atoms with Crippen LogP contribution in [0.1, 0.15) is 19.8 Å². The normalized spacial score (nSPS) is 38.1. The Morgan fingerprint density at radius 2 is 2.07 bits per heavy atom. The molecule has 0 spiro atoms. The number of hydrogen-bond acceptors (Lipinski definition) is 2. The molecule has 0 radical (unpaired) electrons. The van der Waals surface area contributed by atoms with Gasteiger partial charge in [-0.15, -0.1) is 12.4 Å². The minimum absolute atomic E-state index is 0. The van der Waals surface area contributed by atoms with E-state index in [2.05, 4.69) is 11.8 Å². The highest BCUT2D eigenvalue weighted by Crippen LogP contribution is 2.36. The van der Waals surface area contributed by atoms with Gasteiger partial charge in [-0.2, -0.15) is 0 Å². The average Bonchev–Trinajstić information content (AvgIpc) is 2.11. The van der Waals surface area contributed by atoms with E-state index in [1.807, 2.05) is 0 Å². The van der Waals surface area contributed by atoms with E-state index in [1.165, 1.54) is 6.08 Å². The number of carboxylic acid groups (broad SMARTS) is 1. The molecule has 1 N–H and O–H groups in total. The maximum Gasteiger partial charge on any atom is 0.328 e. The maximum atomic E-state index is 10.6. The van der Waals surface area contributed by atoms with Crippen LogP contribution in [0.4, 0.5) is 0 Å². The Morgan fingerprint density at radius 1 is 1.50 bits per heavy atom. The van der Waals surface area contributed by atoms with Crippen molar-refractivity contribution in [3.05, 3.63) is 11.6 Å². The molecular formula is C10H16ClNO2. The number of piperidine rings is 3. The van der Waals surface area contributed by atoms with Crippen molar-refractivity contribution in [1.82, 2.24) is 4.90 Å². The predicted molar refractivity (Wildman–Crippen MR) is 56.7 cm³/mol. The van der Waals surface area contributed by atoms with Gasteiger partial charge in [0, 0.05) is 12.1 Å². The summed E-state index contributed by atoms with van der Waals surface area (Å²) < 4.78 is 0. The van der Waals surface area contributed by atoms with Gasteiger partial charge in [-0.25, -0.2) is 4.79 Å². The molecule has 2 bridgehead atoms. The predicted octanol–water partition coefficient (Wildman–Crippen LogP) is 1.53. The van der Waals surface area contributed by atoms with Crippen molar-refractivity contribution in [1.29, 1.82) is 0 Å². The van der Waals surface area contributed by atoms with E-state index >= 15 is 0 Å². The minimum Gasteiger partial charge on any atom is -0.478 e. The highest BCUT2D eigenvalue weighted by molar-refractivity contribution is 5.85. The number of halogens is 1. The third kappa shape index (κ3) is 1.93. The third-order valence-corrected chi connectivity index (χ3v) is 3.32. The quantitative estimate of drug-likeness (QED) is 0.678. The number of hydrogen-bond donors (Lipinski definition) is 1. The second kappa shape index (κ2) is 4.32. The van der Waals surface area contributed by atoms with Crippen LogP contribution in [0.3, 0.4) is 0 Å². The second-order valence-corrected chi connectivity index (χ2v) is 3.97. The Bertz CT molecular complexity index is 253. The zero-order valence-electron chi connectivity index (χ0n) is 8.27. The molecule has 0 amide bonds. The van der Waals surface area contributed by atoms with Crippen LogP contribution in [0.2, 0.25) is 0 Å². The van der Waals surface area contributed by atoms with Gasteiger partial charge >= 0.3 is 5.97 Å². The summed E-state index contributed by atoms with van der Waals surface area (Å²) in [6.07, 6.45) is 3.70. The molecule has 3 fully saturated rings. The SMILES string of the molecule is CC1C(=CC(=O)O)C2CCN1CC2.Cl. The lowest BCUT2D eigenvalue weighted by Crippen LogP contribution is -2.49. The molecule has 3 aliphatic rings. The average molecular weight is 218 g/mol. The Morgan fingerprint density at radius 3 is 2.50 bits per heavy atom. The number of aliphatic carboxylic acids is 1. The summed E-state index contributed by atoms with van der Waals surface area (Å²) in [5.74, 6) is -0.258. The molecule has 3 aliphatic heterocycles. The number of rotatable bonds is 1. The van der Waals surface area contributed by atoms with Crippen LogP contribution in [0.15, 0.2) is 11.6 Å². The summed E-state index contributed by atoms with van der Waals surface area (Å²) in [5, 5.41) is 8.72. The lowest BCUT2D eigenvalue weighted by Gasteiger charge is -2.46. The maximum absolute atomic E-state index is 10.6. The standard InChI is InChI=1S/C10H15NO2.ClH/c1-7-9(6-10(12)13)8-2-4-11(7)5-3-8;/h6-8H,2-5H2,1H3,(H,12,13);1H. The van der Waals surface area contributed by atoms with E-state index in [0.717, 1.165) is 31.5 Å². The molecular weight excluding hydrogens is 202 g/mol.